The van der Waals surface area contributed by atoms with Gasteiger partial charge in [0.15, 0.2) is 0 Å². The number of carboxylic acids is 1. The third-order valence-electron chi connectivity index (χ3n) is 3.58. The Morgan fingerprint density at radius 1 is 1.36 bits per heavy atom. The molecule has 1 fully saturated rings. The Morgan fingerprint density at radius 3 is 2.36 bits per heavy atom. The molecule has 1 saturated heterocycles. The lowest BCUT2D eigenvalue weighted by Crippen LogP contribution is -2.50. The lowest BCUT2D eigenvalue weighted by Gasteiger charge is -2.32. The van der Waals surface area contributed by atoms with E-state index in [1.165, 1.54) is 0 Å². The number of amides is 3. The van der Waals surface area contributed by atoms with Gasteiger partial charge in [0.05, 0.1) is 6.04 Å². The zero-order valence-corrected chi connectivity index (χ0v) is 14.0. The number of hydrogen-bond acceptors (Lipinski definition) is 3. The molecule has 7 heteroatoms. The summed E-state index contributed by atoms with van der Waals surface area (Å²) in [5, 5.41) is 14.3. The average molecular weight is 313 g/mol. The third-order valence-corrected chi connectivity index (χ3v) is 3.58. The maximum absolute atomic E-state index is 11.9. The maximum Gasteiger partial charge on any atom is 0.326 e. The molecule has 0 bridgehead atoms. The highest BCUT2D eigenvalue weighted by molar-refractivity contribution is 5.84. The molecular formula is C15H27N3O4. The molecule has 126 valence electrons. The van der Waals surface area contributed by atoms with Crippen LogP contribution in [0.25, 0.3) is 0 Å². The molecule has 1 rings (SSSR count). The minimum Gasteiger partial charge on any atom is -0.480 e. The predicted molar refractivity (Wildman–Crippen MR) is 82.4 cm³/mol. The first-order chi connectivity index (χ1) is 10.0. The van der Waals surface area contributed by atoms with E-state index in [9.17, 15) is 14.4 Å². The summed E-state index contributed by atoms with van der Waals surface area (Å²) in [6.45, 7) is 10.1. The number of hydrogen-bond donors (Lipinski definition) is 3. The van der Waals surface area contributed by atoms with Crippen LogP contribution in [0, 0.1) is 5.92 Å². The quantitative estimate of drug-likeness (QED) is 0.710. The van der Waals surface area contributed by atoms with Crippen molar-refractivity contribution in [3.63, 3.8) is 0 Å². The largest absolute Gasteiger partial charge is 0.480 e. The lowest BCUT2D eigenvalue weighted by molar-refractivity contribution is -0.139. The van der Waals surface area contributed by atoms with Crippen LogP contribution in [0.5, 0.6) is 0 Å². The van der Waals surface area contributed by atoms with Gasteiger partial charge in [-0.3, -0.25) is 4.79 Å². The number of carboxylic acid groups (broad SMARTS) is 1. The molecule has 1 aliphatic heterocycles. The summed E-state index contributed by atoms with van der Waals surface area (Å²) in [5.41, 5.74) is -0.286. The SMILES string of the molecule is CC(C)CC(NC(=O)NC1CC(=O)N(C(C)(C)C)C1)C(=O)O. The molecule has 22 heavy (non-hydrogen) atoms. The number of nitrogens with one attached hydrogen (secondary N) is 2. The Kier molecular flexibility index (Phi) is 5.79. The van der Waals surface area contributed by atoms with Gasteiger partial charge in [-0.2, -0.15) is 0 Å². The standard InChI is InChI=1S/C15H27N3O4/c1-9(2)6-11(13(20)21)17-14(22)16-10-7-12(19)18(8-10)15(3,4)5/h9-11H,6-8H2,1-5H3,(H,20,21)(H2,16,17,22). The van der Waals surface area contributed by atoms with Gasteiger partial charge in [0.25, 0.3) is 0 Å². The van der Waals surface area contributed by atoms with Crippen molar-refractivity contribution in [2.75, 3.05) is 6.54 Å². The normalized spacial score (nSPS) is 20.2. The van der Waals surface area contributed by atoms with Crippen LogP contribution in [0.1, 0.15) is 47.5 Å². The van der Waals surface area contributed by atoms with Crippen LogP contribution in [0.15, 0.2) is 0 Å². The van der Waals surface area contributed by atoms with E-state index in [2.05, 4.69) is 10.6 Å². The lowest BCUT2D eigenvalue weighted by atomic mass is 10.0. The number of urea groups is 1. The van der Waals surface area contributed by atoms with Gasteiger partial charge in [-0.25, -0.2) is 9.59 Å². The molecule has 0 aliphatic carbocycles. The van der Waals surface area contributed by atoms with Crippen molar-refractivity contribution in [2.45, 2.75) is 65.1 Å². The Bertz CT molecular complexity index is 443. The first-order valence-corrected chi connectivity index (χ1v) is 7.61. The van der Waals surface area contributed by atoms with E-state index in [1.807, 2.05) is 34.6 Å². The van der Waals surface area contributed by atoms with Crippen molar-refractivity contribution in [2.24, 2.45) is 5.92 Å². The van der Waals surface area contributed by atoms with E-state index in [4.69, 9.17) is 5.11 Å². The Hall–Kier alpha value is -1.79. The number of aliphatic carboxylic acids is 1. The summed E-state index contributed by atoms with van der Waals surface area (Å²) in [5.74, 6) is -0.900. The topological polar surface area (TPSA) is 98.7 Å². The average Bonchev–Trinajstić information content (AvgIpc) is 2.68. The smallest absolute Gasteiger partial charge is 0.326 e. The molecule has 0 saturated carbocycles. The van der Waals surface area contributed by atoms with E-state index < -0.39 is 18.0 Å². The third kappa shape index (κ3) is 5.20. The Labute approximate surface area is 131 Å². The first kappa shape index (κ1) is 18.3. The summed E-state index contributed by atoms with van der Waals surface area (Å²) >= 11 is 0. The highest BCUT2D eigenvalue weighted by Gasteiger charge is 2.37. The van der Waals surface area contributed by atoms with E-state index in [0.29, 0.717) is 13.0 Å². The fourth-order valence-electron chi connectivity index (χ4n) is 2.53. The van der Waals surface area contributed by atoms with Crippen LogP contribution in [-0.2, 0) is 9.59 Å². The molecule has 2 atom stereocenters. The van der Waals surface area contributed by atoms with Crippen molar-refractivity contribution in [1.29, 1.82) is 0 Å². The second kappa shape index (κ2) is 6.98. The van der Waals surface area contributed by atoms with Gasteiger partial charge >= 0.3 is 12.0 Å². The van der Waals surface area contributed by atoms with Crippen molar-refractivity contribution in [1.82, 2.24) is 15.5 Å². The molecule has 0 aromatic carbocycles. The molecule has 7 nitrogen and oxygen atoms in total. The molecular weight excluding hydrogens is 286 g/mol. The number of rotatable bonds is 5. The second-order valence-corrected chi connectivity index (χ2v) is 7.21. The van der Waals surface area contributed by atoms with E-state index in [1.54, 1.807) is 4.90 Å². The van der Waals surface area contributed by atoms with Crippen LogP contribution in [0.4, 0.5) is 4.79 Å². The Balaban J connectivity index is 2.55. The highest BCUT2D eigenvalue weighted by Crippen LogP contribution is 2.21. The number of nitrogens with zero attached hydrogens (tertiary/aromatic N) is 1. The zero-order valence-electron chi connectivity index (χ0n) is 14.0. The Morgan fingerprint density at radius 2 is 1.95 bits per heavy atom. The van der Waals surface area contributed by atoms with E-state index in [0.717, 1.165) is 0 Å². The maximum atomic E-state index is 11.9. The number of carbonyl (C=O) groups excluding carboxylic acids is 2. The summed E-state index contributed by atoms with van der Waals surface area (Å²) < 4.78 is 0. The number of carbonyl (C=O) groups is 3. The van der Waals surface area contributed by atoms with Crippen LogP contribution < -0.4 is 10.6 Å². The van der Waals surface area contributed by atoms with Crippen LogP contribution >= 0.6 is 0 Å². The van der Waals surface area contributed by atoms with E-state index >= 15 is 0 Å². The molecule has 0 spiro atoms. The minimum atomic E-state index is -1.05. The van der Waals surface area contributed by atoms with Gasteiger partial charge in [-0.15, -0.1) is 0 Å². The van der Waals surface area contributed by atoms with Gasteiger partial charge in [0.2, 0.25) is 5.91 Å². The monoisotopic (exact) mass is 313 g/mol. The van der Waals surface area contributed by atoms with Gasteiger partial charge < -0.3 is 20.6 Å². The van der Waals surface area contributed by atoms with Crippen LogP contribution in [0.2, 0.25) is 0 Å². The molecule has 0 aromatic heterocycles. The van der Waals surface area contributed by atoms with Crippen molar-refractivity contribution in [3.8, 4) is 0 Å². The summed E-state index contributed by atoms with van der Waals surface area (Å²) in [7, 11) is 0. The molecule has 1 aliphatic rings. The van der Waals surface area contributed by atoms with Crippen molar-refractivity contribution >= 4 is 17.9 Å². The fraction of sp³-hybridized carbons (Fsp3) is 0.800. The van der Waals surface area contributed by atoms with Gasteiger partial charge in [-0.05, 0) is 33.1 Å². The minimum absolute atomic E-state index is 0.00485. The zero-order chi connectivity index (χ0) is 17.1. The summed E-state index contributed by atoms with van der Waals surface area (Å²) in [6.07, 6.45) is 0.604. The molecule has 0 radical (unpaired) electrons. The molecule has 2 unspecified atom stereocenters. The van der Waals surface area contributed by atoms with Gasteiger partial charge in [0.1, 0.15) is 6.04 Å². The van der Waals surface area contributed by atoms with Crippen LogP contribution in [-0.4, -0.2) is 52.1 Å². The molecule has 3 N–H and O–H groups in total. The first-order valence-electron chi connectivity index (χ1n) is 7.61. The van der Waals surface area contributed by atoms with Crippen molar-refractivity contribution in [3.05, 3.63) is 0 Å². The van der Waals surface area contributed by atoms with Gasteiger partial charge in [-0.1, -0.05) is 13.8 Å². The molecule has 1 heterocycles. The summed E-state index contributed by atoms with van der Waals surface area (Å²) in [6, 6.07) is -1.75. The molecule has 0 aromatic rings. The van der Waals surface area contributed by atoms with E-state index in [-0.39, 0.29) is 29.8 Å². The van der Waals surface area contributed by atoms with Crippen LogP contribution in [0.3, 0.4) is 0 Å². The predicted octanol–water partition coefficient (Wildman–Crippen LogP) is 1.18. The molecule has 3 amide bonds. The summed E-state index contributed by atoms with van der Waals surface area (Å²) in [4.78, 5) is 36.8. The second-order valence-electron chi connectivity index (χ2n) is 7.21. The number of likely N-dealkylation sites (tertiary alicyclic amines) is 1. The van der Waals surface area contributed by atoms with Crippen molar-refractivity contribution < 1.29 is 19.5 Å². The fourth-order valence-corrected chi connectivity index (χ4v) is 2.53. The highest BCUT2D eigenvalue weighted by atomic mass is 16.4. The van der Waals surface area contributed by atoms with Gasteiger partial charge in [0, 0.05) is 18.5 Å².